The Kier molecular flexibility index (Phi) is 1.87. The van der Waals surface area contributed by atoms with Gasteiger partial charge in [-0.15, -0.1) is 0 Å². The number of nitrogens with zero attached hydrogens (tertiary/aromatic N) is 1. The van der Waals surface area contributed by atoms with Crippen molar-refractivity contribution in [2.75, 3.05) is 20.3 Å². The number of likely N-dealkylation sites (N-methyl/N-ethyl adjacent to an activating group) is 1. The molecule has 60 valence electrons. The van der Waals surface area contributed by atoms with Gasteiger partial charge in [0.2, 0.25) is 0 Å². The normalized spacial score (nSPS) is 29.4. The molecule has 1 aliphatic rings. The van der Waals surface area contributed by atoms with Gasteiger partial charge in [0, 0.05) is 13.2 Å². The summed E-state index contributed by atoms with van der Waals surface area (Å²) in [4.78, 5) is 1.25. The van der Waals surface area contributed by atoms with Crippen LogP contribution in [0.1, 0.15) is 0 Å². The highest BCUT2D eigenvalue weighted by molar-refractivity contribution is 4.83. The van der Waals surface area contributed by atoms with Crippen LogP contribution < -0.4 is 5.32 Å². The zero-order valence-corrected chi connectivity index (χ0v) is 5.57. The predicted molar refractivity (Wildman–Crippen MR) is 30.5 cm³/mol. The summed E-state index contributed by atoms with van der Waals surface area (Å²) >= 11 is 0. The number of rotatable bonds is 0. The van der Waals surface area contributed by atoms with Gasteiger partial charge in [0.25, 0.3) is 0 Å². The first-order valence-electron chi connectivity index (χ1n) is 2.99. The molecule has 0 aromatic heterocycles. The third-order valence-corrected chi connectivity index (χ3v) is 1.61. The van der Waals surface area contributed by atoms with Crippen molar-refractivity contribution in [3.63, 3.8) is 0 Å². The highest BCUT2D eigenvalue weighted by atomic mass is 19.4. The van der Waals surface area contributed by atoms with E-state index in [0.29, 0.717) is 6.67 Å². The van der Waals surface area contributed by atoms with Gasteiger partial charge in [-0.3, -0.25) is 4.90 Å². The summed E-state index contributed by atoms with van der Waals surface area (Å²) in [6.07, 6.45) is -4.09. The lowest BCUT2D eigenvalue weighted by atomic mass is 10.3. The van der Waals surface area contributed by atoms with E-state index in [0.717, 1.165) is 0 Å². The topological polar surface area (TPSA) is 15.3 Å². The van der Waals surface area contributed by atoms with Crippen molar-refractivity contribution < 1.29 is 13.2 Å². The molecular weight excluding hydrogens is 145 g/mol. The Labute approximate surface area is 57.0 Å². The van der Waals surface area contributed by atoms with Crippen LogP contribution in [-0.4, -0.2) is 37.4 Å². The zero-order chi connectivity index (χ0) is 7.78. The first-order valence-corrected chi connectivity index (χ1v) is 2.99. The second kappa shape index (κ2) is 2.39. The molecule has 1 N–H and O–H groups in total. The molecule has 1 saturated heterocycles. The lowest BCUT2D eigenvalue weighted by molar-refractivity contribution is -0.169. The maximum atomic E-state index is 11.9. The fourth-order valence-electron chi connectivity index (χ4n) is 1.01. The maximum absolute atomic E-state index is 11.9. The standard InChI is InChI=1S/C5H9F3N2/c1-10-3-9-2-4(10)5(6,7)8/h4,9H,2-3H2,1H3. The Morgan fingerprint density at radius 2 is 2.10 bits per heavy atom. The Morgan fingerprint density at radius 3 is 2.30 bits per heavy atom. The molecule has 0 aromatic carbocycles. The van der Waals surface area contributed by atoms with Crippen molar-refractivity contribution in [2.24, 2.45) is 0 Å². The van der Waals surface area contributed by atoms with Gasteiger partial charge in [-0.05, 0) is 7.05 Å². The molecule has 10 heavy (non-hydrogen) atoms. The SMILES string of the molecule is CN1CNCC1C(F)(F)F. The molecule has 1 atom stereocenters. The van der Waals surface area contributed by atoms with E-state index in [1.54, 1.807) is 0 Å². The van der Waals surface area contributed by atoms with Gasteiger partial charge in [-0.1, -0.05) is 0 Å². The van der Waals surface area contributed by atoms with Gasteiger partial charge in [0.15, 0.2) is 0 Å². The molecule has 0 aliphatic carbocycles. The second-order valence-corrected chi connectivity index (χ2v) is 2.43. The summed E-state index contributed by atoms with van der Waals surface area (Å²) in [5.74, 6) is 0. The molecular formula is C5H9F3N2. The van der Waals surface area contributed by atoms with Crippen LogP contribution in [0.3, 0.4) is 0 Å². The number of halogens is 3. The average molecular weight is 154 g/mol. The lowest BCUT2D eigenvalue weighted by Crippen LogP contribution is -2.40. The first kappa shape index (κ1) is 7.81. The van der Waals surface area contributed by atoms with Crippen LogP contribution in [0.15, 0.2) is 0 Å². The van der Waals surface area contributed by atoms with Crippen molar-refractivity contribution in [1.29, 1.82) is 0 Å². The van der Waals surface area contributed by atoms with Crippen LogP contribution in [0, 0.1) is 0 Å². The fourth-order valence-corrected chi connectivity index (χ4v) is 1.01. The van der Waals surface area contributed by atoms with E-state index in [2.05, 4.69) is 5.32 Å². The largest absolute Gasteiger partial charge is 0.405 e. The molecule has 0 bridgehead atoms. The van der Waals surface area contributed by atoms with E-state index >= 15 is 0 Å². The van der Waals surface area contributed by atoms with Crippen molar-refractivity contribution in [1.82, 2.24) is 10.2 Å². The maximum Gasteiger partial charge on any atom is 0.405 e. The van der Waals surface area contributed by atoms with Gasteiger partial charge in [0.05, 0.1) is 0 Å². The summed E-state index contributed by atoms with van der Waals surface area (Å²) in [6, 6.07) is -1.30. The smallest absolute Gasteiger partial charge is 0.302 e. The van der Waals surface area contributed by atoms with E-state index in [9.17, 15) is 13.2 Å². The minimum atomic E-state index is -4.09. The molecule has 1 fully saturated rings. The van der Waals surface area contributed by atoms with Crippen molar-refractivity contribution in [2.45, 2.75) is 12.2 Å². The van der Waals surface area contributed by atoms with Crippen LogP contribution in [0.2, 0.25) is 0 Å². The van der Waals surface area contributed by atoms with E-state index in [1.165, 1.54) is 11.9 Å². The highest BCUT2D eigenvalue weighted by Gasteiger charge is 2.44. The van der Waals surface area contributed by atoms with E-state index in [4.69, 9.17) is 0 Å². The van der Waals surface area contributed by atoms with Crippen LogP contribution in [0.25, 0.3) is 0 Å². The molecule has 2 nitrogen and oxygen atoms in total. The van der Waals surface area contributed by atoms with E-state index < -0.39 is 12.2 Å². The second-order valence-electron chi connectivity index (χ2n) is 2.43. The fraction of sp³-hybridized carbons (Fsp3) is 1.00. The Hall–Kier alpha value is -0.290. The average Bonchev–Trinajstić information content (AvgIpc) is 2.11. The molecule has 0 saturated carbocycles. The molecule has 1 rings (SSSR count). The van der Waals surface area contributed by atoms with E-state index in [1.807, 2.05) is 0 Å². The number of nitrogens with one attached hydrogen (secondary N) is 1. The number of hydrogen-bond donors (Lipinski definition) is 1. The molecule has 0 amide bonds. The minimum absolute atomic E-state index is 0.0139. The van der Waals surface area contributed by atoms with Crippen molar-refractivity contribution >= 4 is 0 Å². The Bertz CT molecular complexity index is 123. The Morgan fingerprint density at radius 1 is 1.50 bits per heavy atom. The minimum Gasteiger partial charge on any atom is -0.302 e. The quantitative estimate of drug-likeness (QED) is 0.543. The van der Waals surface area contributed by atoms with Crippen LogP contribution in [0.4, 0.5) is 13.2 Å². The zero-order valence-electron chi connectivity index (χ0n) is 5.57. The predicted octanol–water partition coefficient (Wildman–Crippen LogP) is 0.410. The van der Waals surface area contributed by atoms with Gasteiger partial charge < -0.3 is 5.32 Å². The molecule has 0 spiro atoms. The molecule has 0 radical (unpaired) electrons. The Balaban J connectivity index is 2.55. The van der Waals surface area contributed by atoms with Gasteiger partial charge in [-0.25, -0.2) is 0 Å². The monoisotopic (exact) mass is 154 g/mol. The summed E-state index contributed by atoms with van der Waals surface area (Å²) < 4.78 is 35.8. The van der Waals surface area contributed by atoms with Gasteiger partial charge in [0.1, 0.15) is 6.04 Å². The third-order valence-electron chi connectivity index (χ3n) is 1.61. The molecule has 0 aromatic rings. The number of alkyl halides is 3. The lowest BCUT2D eigenvalue weighted by Gasteiger charge is -2.20. The number of hydrogen-bond acceptors (Lipinski definition) is 2. The third kappa shape index (κ3) is 1.41. The molecule has 1 heterocycles. The van der Waals surface area contributed by atoms with Crippen LogP contribution in [-0.2, 0) is 0 Å². The highest BCUT2D eigenvalue weighted by Crippen LogP contribution is 2.24. The van der Waals surface area contributed by atoms with E-state index in [-0.39, 0.29) is 6.54 Å². The van der Waals surface area contributed by atoms with Crippen molar-refractivity contribution in [3.05, 3.63) is 0 Å². The van der Waals surface area contributed by atoms with Gasteiger partial charge in [-0.2, -0.15) is 13.2 Å². The summed E-state index contributed by atoms with van der Waals surface area (Å²) in [6.45, 7) is 0.337. The molecule has 1 unspecified atom stereocenters. The van der Waals surface area contributed by atoms with Gasteiger partial charge >= 0.3 is 6.18 Å². The molecule has 5 heteroatoms. The summed E-state index contributed by atoms with van der Waals surface area (Å²) in [5.41, 5.74) is 0. The summed E-state index contributed by atoms with van der Waals surface area (Å²) in [7, 11) is 1.46. The summed E-state index contributed by atoms with van der Waals surface area (Å²) in [5, 5.41) is 2.63. The molecule has 1 aliphatic heterocycles. The van der Waals surface area contributed by atoms with Crippen molar-refractivity contribution in [3.8, 4) is 0 Å². The van der Waals surface area contributed by atoms with Crippen LogP contribution >= 0.6 is 0 Å². The first-order chi connectivity index (χ1) is 4.52. The van der Waals surface area contributed by atoms with Crippen LogP contribution in [0.5, 0.6) is 0 Å².